The van der Waals surface area contributed by atoms with Gasteiger partial charge in [-0.2, -0.15) is 0 Å². The number of nitrogens with zero attached hydrogens (tertiary/aromatic N) is 2. The van der Waals surface area contributed by atoms with Crippen molar-refractivity contribution in [3.63, 3.8) is 0 Å². The predicted octanol–water partition coefficient (Wildman–Crippen LogP) is -3.40. The smallest absolute Gasteiger partial charge is 0.407 e. The number of amides is 1. The molecule has 0 saturated carbocycles. The van der Waals surface area contributed by atoms with Gasteiger partial charge in [0, 0.05) is 13.0 Å². The molecule has 3 aliphatic rings. The SMILES string of the molecule is NCCCCCCNC(=O)OCC1NC(N)=[N+]2CCC(O)(O)C23NC(N)=NC13. The standard InChI is InChI=1S/C16H30N8O4/c17-6-3-1-2-4-7-20-14(25)28-9-10-11-16(23-12(18)22-11)15(26,27)5-8-24(16)13(19)21-10/h10-11,26-27H,1-9,17H2,(H6,18,19,20,21,22,23,25)/p+1. The van der Waals surface area contributed by atoms with E-state index in [9.17, 15) is 15.0 Å². The number of aliphatic imine (C=N–C) groups is 1. The van der Waals surface area contributed by atoms with Gasteiger partial charge in [-0.15, -0.1) is 0 Å². The monoisotopic (exact) mass is 399 g/mol. The Hall–Kier alpha value is -2.31. The van der Waals surface area contributed by atoms with Crippen molar-refractivity contribution >= 4 is 18.0 Å². The second kappa shape index (κ2) is 7.97. The van der Waals surface area contributed by atoms with Crippen molar-refractivity contribution in [1.82, 2.24) is 16.0 Å². The number of carbonyl (C=O) groups is 1. The molecule has 12 heteroatoms. The van der Waals surface area contributed by atoms with Crippen LogP contribution in [0.5, 0.6) is 0 Å². The number of rotatable bonds is 8. The van der Waals surface area contributed by atoms with E-state index in [1.165, 1.54) is 0 Å². The molecule has 1 spiro atoms. The van der Waals surface area contributed by atoms with E-state index in [0.717, 1.165) is 25.7 Å². The lowest BCUT2D eigenvalue weighted by Gasteiger charge is -2.42. The van der Waals surface area contributed by atoms with Gasteiger partial charge in [0.2, 0.25) is 11.4 Å². The molecular formula is C16H31N8O4+. The predicted molar refractivity (Wildman–Crippen MR) is 101 cm³/mol. The molecule has 3 atom stereocenters. The second-order valence-corrected chi connectivity index (χ2v) is 7.43. The Bertz CT molecular complexity index is 667. The van der Waals surface area contributed by atoms with Gasteiger partial charge in [0.25, 0.3) is 0 Å². The van der Waals surface area contributed by atoms with Gasteiger partial charge in [-0.25, -0.2) is 14.4 Å². The lowest BCUT2D eigenvalue weighted by Crippen LogP contribution is -2.77. The summed E-state index contributed by atoms with van der Waals surface area (Å²) in [5.74, 6) is -1.78. The lowest BCUT2D eigenvalue weighted by molar-refractivity contribution is -0.623. The molecule has 3 rings (SSSR count). The van der Waals surface area contributed by atoms with Crippen molar-refractivity contribution in [2.45, 2.75) is 55.6 Å². The fraction of sp³-hybridized carbons (Fsp3) is 0.812. The lowest BCUT2D eigenvalue weighted by atomic mass is 9.87. The first-order valence-electron chi connectivity index (χ1n) is 9.65. The zero-order valence-electron chi connectivity index (χ0n) is 15.9. The molecule has 1 saturated heterocycles. The van der Waals surface area contributed by atoms with Crippen LogP contribution in [-0.2, 0) is 4.74 Å². The maximum Gasteiger partial charge on any atom is 0.407 e. The van der Waals surface area contributed by atoms with Crippen molar-refractivity contribution < 1.29 is 24.3 Å². The summed E-state index contributed by atoms with van der Waals surface area (Å²) in [7, 11) is 0. The van der Waals surface area contributed by atoms with Crippen LogP contribution in [-0.4, -0.2) is 82.6 Å². The zero-order valence-corrected chi connectivity index (χ0v) is 15.9. The molecule has 12 nitrogen and oxygen atoms in total. The average Bonchev–Trinajstić information content (AvgIpc) is 3.13. The van der Waals surface area contributed by atoms with E-state index < -0.39 is 29.6 Å². The number of hydrogen-bond acceptors (Lipinski definition) is 10. The Kier molecular flexibility index (Phi) is 5.82. The van der Waals surface area contributed by atoms with Gasteiger partial charge in [0.15, 0.2) is 12.0 Å². The number of nitrogens with one attached hydrogen (secondary N) is 3. The van der Waals surface area contributed by atoms with Crippen molar-refractivity contribution in [1.29, 1.82) is 0 Å². The average molecular weight is 399 g/mol. The number of carbonyl (C=O) groups excluding carboxylic acids is 1. The summed E-state index contributed by atoms with van der Waals surface area (Å²) in [6.07, 6.45) is 3.36. The summed E-state index contributed by atoms with van der Waals surface area (Å²) in [5, 5.41) is 29.8. The fourth-order valence-electron chi connectivity index (χ4n) is 4.16. The van der Waals surface area contributed by atoms with Gasteiger partial charge in [0.1, 0.15) is 12.6 Å². The number of ether oxygens (including phenoxy) is 1. The quantitative estimate of drug-likeness (QED) is 0.116. The first-order chi connectivity index (χ1) is 13.3. The Morgan fingerprint density at radius 2 is 2.07 bits per heavy atom. The first-order valence-corrected chi connectivity index (χ1v) is 9.65. The minimum absolute atomic E-state index is 0.0610. The number of alkyl carbamates (subject to hydrolysis) is 1. The third-order valence-corrected chi connectivity index (χ3v) is 5.54. The highest BCUT2D eigenvalue weighted by molar-refractivity contribution is 5.83. The number of nitrogens with two attached hydrogens (primary N) is 3. The molecule has 1 amide bonds. The molecule has 1 fully saturated rings. The molecular weight excluding hydrogens is 368 g/mol. The van der Waals surface area contributed by atoms with Crippen molar-refractivity contribution in [2.24, 2.45) is 22.2 Å². The highest BCUT2D eigenvalue weighted by Gasteiger charge is 2.71. The van der Waals surface area contributed by atoms with Gasteiger partial charge >= 0.3 is 12.1 Å². The van der Waals surface area contributed by atoms with Gasteiger partial charge in [0.05, 0.1) is 6.54 Å². The molecule has 0 radical (unpaired) electrons. The first kappa shape index (κ1) is 20.4. The largest absolute Gasteiger partial charge is 0.446 e. The Balaban J connectivity index is 1.58. The molecule has 0 aromatic heterocycles. The van der Waals surface area contributed by atoms with Crippen molar-refractivity contribution in [2.75, 3.05) is 26.2 Å². The van der Waals surface area contributed by atoms with E-state index in [1.807, 2.05) is 0 Å². The molecule has 11 N–H and O–H groups in total. The molecule has 0 aliphatic carbocycles. The molecule has 0 aromatic carbocycles. The number of hydrogen-bond donors (Lipinski definition) is 8. The molecule has 0 aromatic rings. The van der Waals surface area contributed by atoms with E-state index in [-0.39, 0.29) is 24.9 Å². The van der Waals surface area contributed by atoms with E-state index in [1.54, 1.807) is 4.58 Å². The molecule has 158 valence electrons. The maximum absolute atomic E-state index is 12.0. The highest BCUT2D eigenvalue weighted by Crippen LogP contribution is 2.40. The topological polar surface area (TPSA) is 196 Å². The third kappa shape index (κ3) is 3.54. The van der Waals surface area contributed by atoms with Crippen LogP contribution in [0.15, 0.2) is 4.99 Å². The summed E-state index contributed by atoms with van der Waals surface area (Å²) < 4.78 is 6.90. The zero-order chi connectivity index (χ0) is 20.4. The van der Waals surface area contributed by atoms with Crippen LogP contribution in [0.3, 0.4) is 0 Å². The minimum atomic E-state index is -2.10. The summed E-state index contributed by atoms with van der Waals surface area (Å²) in [4.78, 5) is 16.3. The van der Waals surface area contributed by atoms with Crippen LogP contribution in [0, 0.1) is 0 Å². The van der Waals surface area contributed by atoms with Crippen LogP contribution >= 0.6 is 0 Å². The number of guanidine groups is 2. The van der Waals surface area contributed by atoms with Crippen LogP contribution in [0.1, 0.15) is 32.1 Å². The minimum Gasteiger partial charge on any atom is -0.446 e. The van der Waals surface area contributed by atoms with E-state index in [0.29, 0.717) is 19.6 Å². The van der Waals surface area contributed by atoms with Gasteiger partial charge < -0.3 is 37.1 Å². The molecule has 0 bridgehead atoms. The number of unbranched alkanes of at least 4 members (excludes halogenated alkanes) is 3. The van der Waals surface area contributed by atoms with Crippen molar-refractivity contribution in [3.05, 3.63) is 0 Å². The third-order valence-electron chi connectivity index (χ3n) is 5.54. The fourth-order valence-corrected chi connectivity index (χ4v) is 4.16. The summed E-state index contributed by atoms with van der Waals surface area (Å²) >= 11 is 0. The summed E-state index contributed by atoms with van der Waals surface area (Å²) in [6, 6.07) is -1.28. The van der Waals surface area contributed by atoms with Crippen LogP contribution in [0.4, 0.5) is 4.79 Å². The molecule has 28 heavy (non-hydrogen) atoms. The Labute approximate surface area is 163 Å². The normalized spacial score (nSPS) is 30.0. The highest BCUT2D eigenvalue weighted by atomic mass is 16.5. The molecule has 3 unspecified atom stereocenters. The van der Waals surface area contributed by atoms with E-state index >= 15 is 0 Å². The van der Waals surface area contributed by atoms with Gasteiger partial charge in [-0.1, -0.05) is 12.8 Å². The summed E-state index contributed by atoms with van der Waals surface area (Å²) in [5.41, 5.74) is 16.0. The van der Waals surface area contributed by atoms with Gasteiger partial charge in [-0.3, -0.25) is 11.1 Å². The number of aliphatic hydroxyl groups is 2. The van der Waals surface area contributed by atoms with Gasteiger partial charge in [-0.05, 0) is 19.4 Å². The van der Waals surface area contributed by atoms with Crippen LogP contribution < -0.4 is 33.2 Å². The summed E-state index contributed by atoms with van der Waals surface area (Å²) in [6.45, 7) is 1.44. The van der Waals surface area contributed by atoms with E-state index in [2.05, 4.69) is 20.9 Å². The van der Waals surface area contributed by atoms with Crippen molar-refractivity contribution in [3.8, 4) is 0 Å². The van der Waals surface area contributed by atoms with Crippen LogP contribution in [0.25, 0.3) is 0 Å². The van der Waals surface area contributed by atoms with Crippen LogP contribution in [0.2, 0.25) is 0 Å². The Morgan fingerprint density at radius 1 is 1.32 bits per heavy atom. The van der Waals surface area contributed by atoms with E-state index in [4.69, 9.17) is 21.9 Å². The molecule has 3 heterocycles. The second-order valence-electron chi connectivity index (χ2n) is 7.43. The Morgan fingerprint density at radius 3 is 2.82 bits per heavy atom. The maximum atomic E-state index is 12.0. The molecule has 3 aliphatic heterocycles.